The summed E-state index contributed by atoms with van der Waals surface area (Å²) in [5.74, 6) is 0.252. The first-order valence-electron chi connectivity index (χ1n) is 7.17. The van der Waals surface area contributed by atoms with Crippen LogP contribution >= 0.6 is 0 Å². The van der Waals surface area contributed by atoms with Gasteiger partial charge in [-0.15, -0.1) is 0 Å². The van der Waals surface area contributed by atoms with Gasteiger partial charge < -0.3 is 14.8 Å². The number of carbonyl (C=O) groups is 2. The number of amides is 1. The maximum Gasteiger partial charge on any atom is 0.410 e. The third-order valence-corrected chi connectivity index (χ3v) is 2.69. The van der Waals surface area contributed by atoms with Crippen LogP contribution in [-0.2, 0) is 14.3 Å². The second-order valence-corrected chi connectivity index (χ2v) is 5.85. The number of aliphatic imine (C=N–C) groups is 1. The molecule has 1 heterocycles. The summed E-state index contributed by atoms with van der Waals surface area (Å²) in [4.78, 5) is 29.4. The molecule has 0 radical (unpaired) electrons. The monoisotopic (exact) mass is 299 g/mol. The highest BCUT2D eigenvalue weighted by Gasteiger charge is 2.26. The van der Waals surface area contributed by atoms with Gasteiger partial charge in [0.2, 0.25) is 0 Å². The summed E-state index contributed by atoms with van der Waals surface area (Å²) in [7, 11) is 0. The molecule has 0 saturated carbocycles. The second kappa shape index (κ2) is 7.28. The molecule has 0 aromatic carbocycles. The number of ether oxygens (including phenoxy) is 2. The predicted octanol–water partition coefficient (Wildman–Crippen LogP) is 1.18. The van der Waals surface area contributed by atoms with Gasteiger partial charge >= 0.3 is 12.1 Å². The fourth-order valence-corrected chi connectivity index (χ4v) is 1.77. The van der Waals surface area contributed by atoms with Gasteiger partial charge in [-0.25, -0.2) is 9.59 Å². The van der Waals surface area contributed by atoms with Crippen LogP contribution in [0.1, 0.15) is 34.6 Å². The Bertz CT molecular complexity index is 415. The van der Waals surface area contributed by atoms with Gasteiger partial charge in [-0.1, -0.05) is 0 Å². The van der Waals surface area contributed by atoms with Gasteiger partial charge in [0.05, 0.1) is 19.7 Å². The van der Waals surface area contributed by atoms with E-state index in [4.69, 9.17) is 9.47 Å². The van der Waals surface area contributed by atoms with E-state index in [0.29, 0.717) is 32.1 Å². The van der Waals surface area contributed by atoms with Gasteiger partial charge in [-0.05, 0) is 34.6 Å². The van der Waals surface area contributed by atoms with Gasteiger partial charge in [-0.3, -0.25) is 9.89 Å². The molecule has 1 amide bonds. The van der Waals surface area contributed by atoms with Crippen LogP contribution in [0.15, 0.2) is 4.99 Å². The molecule has 1 N–H and O–H groups in total. The Kier molecular flexibility index (Phi) is 5.99. The Hall–Kier alpha value is -1.79. The normalized spacial score (nSPS) is 16.8. The van der Waals surface area contributed by atoms with Crippen LogP contribution in [0.2, 0.25) is 0 Å². The number of esters is 1. The van der Waals surface area contributed by atoms with Crippen molar-refractivity contribution in [2.75, 3.05) is 26.2 Å². The van der Waals surface area contributed by atoms with Crippen LogP contribution in [-0.4, -0.2) is 60.7 Å². The van der Waals surface area contributed by atoms with Gasteiger partial charge in [-0.2, -0.15) is 0 Å². The van der Waals surface area contributed by atoms with Crippen molar-refractivity contribution in [3.8, 4) is 0 Å². The molecule has 1 aliphatic rings. The number of amidine groups is 1. The summed E-state index contributed by atoms with van der Waals surface area (Å²) in [6.45, 7) is 10.6. The predicted molar refractivity (Wildman–Crippen MR) is 79.3 cm³/mol. The van der Waals surface area contributed by atoms with Crippen LogP contribution in [0.3, 0.4) is 0 Å². The molecule has 0 saturated heterocycles. The summed E-state index contributed by atoms with van der Waals surface area (Å²) < 4.78 is 10.3. The Morgan fingerprint density at radius 3 is 2.67 bits per heavy atom. The molecule has 1 atom stereocenters. The summed E-state index contributed by atoms with van der Waals surface area (Å²) >= 11 is 0. The number of carbonyl (C=O) groups excluding carboxylic acids is 2. The third-order valence-electron chi connectivity index (χ3n) is 2.69. The zero-order valence-electron chi connectivity index (χ0n) is 13.4. The Morgan fingerprint density at radius 2 is 2.10 bits per heavy atom. The van der Waals surface area contributed by atoms with Crippen molar-refractivity contribution in [1.29, 1.82) is 0 Å². The fraction of sp³-hybridized carbons (Fsp3) is 0.786. The first-order valence-corrected chi connectivity index (χ1v) is 7.17. The van der Waals surface area contributed by atoms with Gasteiger partial charge in [0.15, 0.2) is 0 Å². The molecule has 120 valence electrons. The average molecular weight is 299 g/mol. The standard InChI is InChI=1S/C14H25N3O4/c1-6-20-12(18)10(2)16-11-9-17(8-7-15-11)13(19)21-14(3,4)5/h10H,6-9H2,1-5H3,(H,15,16). The van der Waals surface area contributed by atoms with Crippen molar-refractivity contribution in [2.45, 2.75) is 46.3 Å². The lowest BCUT2D eigenvalue weighted by Crippen LogP contribution is -2.50. The lowest BCUT2D eigenvalue weighted by atomic mass is 10.2. The number of hydrogen-bond donors (Lipinski definition) is 1. The molecular formula is C14H25N3O4. The Morgan fingerprint density at radius 1 is 1.43 bits per heavy atom. The quantitative estimate of drug-likeness (QED) is 0.791. The number of nitrogens with zero attached hydrogens (tertiary/aromatic N) is 2. The van der Waals surface area contributed by atoms with Gasteiger partial charge in [0, 0.05) is 6.54 Å². The second-order valence-electron chi connectivity index (χ2n) is 5.85. The van der Waals surface area contributed by atoms with Crippen LogP contribution in [0, 0.1) is 0 Å². The zero-order valence-corrected chi connectivity index (χ0v) is 13.4. The van der Waals surface area contributed by atoms with E-state index < -0.39 is 11.6 Å². The minimum atomic E-state index is -0.530. The summed E-state index contributed by atoms with van der Waals surface area (Å²) in [5, 5.41) is 2.98. The molecule has 21 heavy (non-hydrogen) atoms. The molecule has 0 bridgehead atoms. The third kappa shape index (κ3) is 6.01. The highest BCUT2D eigenvalue weighted by Crippen LogP contribution is 2.11. The highest BCUT2D eigenvalue weighted by molar-refractivity contribution is 5.91. The van der Waals surface area contributed by atoms with E-state index in [9.17, 15) is 9.59 Å². The van der Waals surface area contributed by atoms with Crippen LogP contribution in [0.4, 0.5) is 4.79 Å². The lowest BCUT2D eigenvalue weighted by Gasteiger charge is -2.30. The minimum absolute atomic E-state index is 0.304. The molecule has 0 aromatic heterocycles. The van der Waals surface area contributed by atoms with E-state index in [1.165, 1.54) is 0 Å². The molecular weight excluding hydrogens is 274 g/mol. The van der Waals surface area contributed by atoms with Crippen molar-refractivity contribution in [3.05, 3.63) is 0 Å². The van der Waals surface area contributed by atoms with E-state index in [-0.39, 0.29) is 12.1 Å². The minimum Gasteiger partial charge on any atom is -0.464 e. The molecule has 1 rings (SSSR count). The zero-order chi connectivity index (χ0) is 16.0. The van der Waals surface area contributed by atoms with Crippen molar-refractivity contribution in [2.24, 2.45) is 4.99 Å². The van der Waals surface area contributed by atoms with Crippen molar-refractivity contribution < 1.29 is 19.1 Å². The van der Waals surface area contributed by atoms with E-state index in [1.54, 1.807) is 18.7 Å². The van der Waals surface area contributed by atoms with Crippen LogP contribution in [0.25, 0.3) is 0 Å². The SMILES string of the molecule is CCOC(=O)C(C)NC1=NCCN(C(=O)OC(C)(C)C)C1. The fourth-order valence-electron chi connectivity index (χ4n) is 1.77. The van der Waals surface area contributed by atoms with Crippen LogP contribution in [0.5, 0.6) is 0 Å². The molecule has 7 heteroatoms. The number of hydrogen-bond acceptors (Lipinski definition) is 6. The van der Waals surface area contributed by atoms with E-state index >= 15 is 0 Å². The van der Waals surface area contributed by atoms with E-state index in [2.05, 4.69) is 10.3 Å². The molecule has 7 nitrogen and oxygen atoms in total. The van der Waals surface area contributed by atoms with Gasteiger partial charge in [0.25, 0.3) is 0 Å². The molecule has 0 aromatic rings. The lowest BCUT2D eigenvalue weighted by molar-refractivity contribution is -0.144. The molecule has 1 unspecified atom stereocenters. The molecule has 1 aliphatic heterocycles. The molecule has 0 spiro atoms. The topological polar surface area (TPSA) is 80.2 Å². The van der Waals surface area contributed by atoms with Crippen molar-refractivity contribution in [1.82, 2.24) is 10.2 Å². The van der Waals surface area contributed by atoms with E-state index in [0.717, 1.165) is 0 Å². The molecule has 0 fully saturated rings. The molecule has 0 aliphatic carbocycles. The average Bonchev–Trinajstić information content (AvgIpc) is 2.37. The van der Waals surface area contributed by atoms with Gasteiger partial charge in [0.1, 0.15) is 17.5 Å². The smallest absolute Gasteiger partial charge is 0.410 e. The maximum atomic E-state index is 12.0. The largest absolute Gasteiger partial charge is 0.464 e. The van der Waals surface area contributed by atoms with E-state index in [1.807, 2.05) is 20.8 Å². The first-order chi connectivity index (χ1) is 9.73. The van der Waals surface area contributed by atoms with Crippen LogP contribution < -0.4 is 5.32 Å². The number of rotatable bonds is 3. The van der Waals surface area contributed by atoms with Crippen molar-refractivity contribution in [3.63, 3.8) is 0 Å². The first kappa shape index (κ1) is 17.3. The summed E-state index contributed by atoms with van der Waals surface area (Å²) in [6, 6.07) is -0.498. The Balaban J connectivity index is 2.54. The summed E-state index contributed by atoms with van der Waals surface area (Å²) in [5.41, 5.74) is -0.530. The summed E-state index contributed by atoms with van der Waals surface area (Å²) in [6.07, 6.45) is -0.375. The number of nitrogens with one attached hydrogen (secondary N) is 1. The maximum absolute atomic E-state index is 12.0. The highest BCUT2D eigenvalue weighted by atomic mass is 16.6. The van der Waals surface area contributed by atoms with Crippen molar-refractivity contribution >= 4 is 17.9 Å². The Labute approximate surface area is 125 Å².